The number of aromatic amines is 1. The third-order valence-corrected chi connectivity index (χ3v) is 5.56. The Hall–Kier alpha value is -3.90. The highest BCUT2D eigenvalue weighted by Crippen LogP contribution is 2.48. The van der Waals surface area contributed by atoms with Crippen LogP contribution in [-0.2, 0) is 5.41 Å². The predicted molar refractivity (Wildman–Crippen MR) is 124 cm³/mol. The third-order valence-electron chi connectivity index (χ3n) is 5.56. The number of H-pyrrole nitrogens is 1. The van der Waals surface area contributed by atoms with Crippen molar-refractivity contribution in [3.63, 3.8) is 0 Å². The van der Waals surface area contributed by atoms with Gasteiger partial charge in [-0.3, -0.25) is 5.21 Å². The number of hydrogen-bond donors (Lipinski definition) is 3. The second-order valence-electron chi connectivity index (χ2n) is 7.56. The van der Waals surface area contributed by atoms with Gasteiger partial charge in [0.2, 0.25) is 5.82 Å². The molecular formula is C26H25N3O3. The Bertz CT molecular complexity index is 1130. The molecular weight excluding hydrogens is 402 g/mol. The topological polar surface area (TPSA) is 89.5 Å². The van der Waals surface area contributed by atoms with Crippen molar-refractivity contribution in [1.29, 1.82) is 0 Å². The van der Waals surface area contributed by atoms with Crippen molar-refractivity contribution >= 4 is 5.82 Å². The zero-order chi connectivity index (χ0) is 22.6. The van der Waals surface area contributed by atoms with E-state index in [0.29, 0.717) is 6.42 Å². The van der Waals surface area contributed by atoms with E-state index in [9.17, 15) is 15.1 Å². The summed E-state index contributed by atoms with van der Waals surface area (Å²) < 4.78 is 0. The molecule has 6 heteroatoms. The van der Waals surface area contributed by atoms with Crippen molar-refractivity contribution in [2.75, 3.05) is 11.6 Å². The summed E-state index contributed by atoms with van der Waals surface area (Å²) in [5, 5.41) is 22.7. The third kappa shape index (κ3) is 3.65. The summed E-state index contributed by atoms with van der Waals surface area (Å²) in [4.78, 5) is 19.4. The van der Waals surface area contributed by atoms with Gasteiger partial charge in [0.05, 0.1) is 11.1 Å². The van der Waals surface area contributed by atoms with Crippen LogP contribution in [-0.4, -0.2) is 26.8 Å². The van der Waals surface area contributed by atoms with Crippen molar-refractivity contribution in [2.24, 2.45) is 0 Å². The van der Waals surface area contributed by atoms with E-state index in [1.807, 2.05) is 97.9 Å². The molecule has 6 nitrogen and oxygen atoms in total. The summed E-state index contributed by atoms with van der Waals surface area (Å²) in [6.07, 6.45) is 0.612. The van der Waals surface area contributed by atoms with E-state index < -0.39 is 11.1 Å². The molecule has 1 aromatic heterocycles. The Balaban J connectivity index is 2.16. The van der Waals surface area contributed by atoms with Crippen molar-refractivity contribution in [1.82, 2.24) is 9.97 Å². The number of aromatic nitrogens is 2. The van der Waals surface area contributed by atoms with Gasteiger partial charge in [0.25, 0.3) is 0 Å². The highest BCUT2D eigenvalue weighted by atomic mass is 16.5. The van der Waals surface area contributed by atoms with Crippen LogP contribution in [0, 0.1) is 0 Å². The fourth-order valence-corrected chi connectivity index (χ4v) is 4.22. The average Bonchev–Trinajstić information content (AvgIpc) is 2.84. The van der Waals surface area contributed by atoms with Crippen LogP contribution in [0.25, 0.3) is 0 Å². The van der Waals surface area contributed by atoms with Gasteiger partial charge >= 0.3 is 5.69 Å². The lowest BCUT2D eigenvalue weighted by atomic mass is 9.67. The molecule has 0 atom stereocenters. The predicted octanol–water partition coefficient (Wildman–Crippen LogP) is 4.46. The number of nitrogens with one attached hydrogen (secondary N) is 1. The maximum atomic E-state index is 12.7. The molecule has 0 saturated heterocycles. The van der Waals surface area contributed by atoms with E-state index in [4.69, 9.17) is 0 Å². The van der Waals surface area contributed by atoms with Gasteiger partial charge in [-0.15, -0.1) is 0 Å². The number of rotatable bonds is 7. The van der Waals surface area contributed by atoms with Crippen molar-refractivity contribution in [2.45, 2.75) is 18.8 Å². The summed E-state index contributed by atoms with van der Waals surface area (Å²) in [7, 11) is 0. The molecule has 0 bridgehead atoms. The molecule has 3 aromatic carbocycles. The van der Waals surface area contributed by atoms with E-state index >= 15 is 0 Å². The van der Waals surface area contributed by atoms with Gasteiger partial charge < -0.3 is 10.1 Å². The Morgan fingerprint density at radius 1 is 0.844 bits per heavy atom. The quantitative estimate of drug-likeness (QED) is 0.299. The van der Waals surface area contributed by atoms with E-state index in [2.05, 4.69) is 9.97 Å². The van der Waals surface area contributed by atoms with Crippen LogP contribution in [0.15, 0.2) is 95.8 Å². The Kier molecular flexibility index (Phi) is 6.05. The first-order chi connectivity index (χ1) is 15.6. The second kappa shape index (κ2) is 9.08. The Morgan fingerprint density at radius 3 is 1.69 bits per heavy atom. The highest BCUT2D eigenvalue weighted by Gasteiger charge is 2.42. The first-order valence-corrected chi connectivity index (χ1v) is 10.6. The number of hydrogen-bond acceptors (Lipinski definition) is 5. The molecule has 162 valence electrons. The van der Waals surface area contributed by atoms with Gasteiger partial charge in [-0.05, 0) is 23.1 Å². The van der Waals surface area contributed by atoms with Crippen molar-refractivity contribution in [3.8, 4) is 5.75 Å². The van der Waals surface area contributed by atoms with E-state index in [-0.39, 0.29) is 23.8 Å². The summed E-state index contributed by atoms with van der Waals surface area (Å²) in [6, 6.07) is 29.0. The number of nitrogens with zero attached hydrogens (tertiary/aromatic N) is 2. The van der Waals surface area contributed by atoms with Crippen LogP contribution in [0.2, 0.25) is 0 Å². The molecule has 0 saturated carbocycles. The molecule has 0 aliphatic heterocycles. The largest absolute Gasteiger partial charge is 0.503 e. The lowest BCUT2D eigenvalue weighted by Crippen LogP contribution is -2.35. The molecule has 0 unspecified atom stereocenters. The molecule has 3 N–H and O–H groups in total. The summed E-state index contributed by atoms with van der Waals surface area (Å²) in [5.74, 6) is -0.449. The number of aromatic hydroxyl groups is 1. The monoisotopic (exact) mass is 427 g/mol. The maximum Gasteiger partial charge on any atom is 0.347 e. The minimum Gasteiger partial charge on any atom is -0.503 e. The maximum absolute atomic E-state index is 12.7. The van der Waals surface area contributed by atoms with Crippen molar-refractivity contribution in [3.05, 3.63) is 124 Å². The SMILES string of the molecule is CCCN(O)c1nc(=O)[nH]c(C(c2ccccc2)(c2ccccc2)c2ccccc2)c1O. The van der Waals surface area contributed by atoms with E-state index in [1.165, 1.54) is 0 Å². The van der Waals surface area contributed by atoms with Crippen LogP contribution >= 0.6 is 0 Å². The lowest BCUT2D eigenvalue weighted by molar-refractivity contribution is 0.245. The standard InChI is InChI=1S/C26H25N3O3/c1-2-18-29(32)24-22(30)23(27-25(31)28-24)26(19-12-6-3-7-13-19,20-14-8-4-9-15-20)21-16-10-5-11-17-21/h3-17,30,32H,2,18H2,1H3,(H,27,28,31). The zero-order valence-electron chi connectivity index (χ0n) is 17.8. The fraction of sp³-hybridized carbons (Fsp3) is 0.154. The molecule has 0 spiro atoms. The Labute approximate surface area is 186 Å². The zero-order valence-corrected chi connectivity index (χ0v) is 17.8. The van der Waals surface area contributed by atoms with Crippen molar-refractivity contribution < 1.29 is 10.3 Å². The van der Waals surface area contributed by atoms with Gasteiger partial charge in [-0.25, -0.2) is 9.86 Å². The van der Waals surface area contributed by atoms with Gasteiger partial charge in [0.1, 0.15) is 0 Å². The van der Waals surface area contributed by atoms with E-state index in [1.54, 1.807) is 0 Å². The number of hydroxylamine groups is 1. The van der Waals surface area contributed by atoms with Crippen LogP contribution in [0.4, 0.5) is 5.82 Å². The van der Waals surface area contributed by atoms with E-state index in [0.717, 1.165) is 21.8 Å². The van der Waals surface area contributed by atoms with Crippen LogP contribution in [0.5, 0.6) is 5.75 Å². The summed E-state index contributed by atoms with van der Waals surface area (Å²) >= 11 is 0. The molecule has 32 heavy (non-hydrogen) atoms. The highest BCUT2D eigenvalue weighted by molar-refractivity contribution is 5.65. The smallest absolute Gasteiger partial charge is 0.347 e. The molecule has 1 heterocycles. The minimum absolute atomic E-state index is 0.169. The minimum atomic E-state index is -1.06. The molecule has 0 fully saturated rings. The van der Waals surface area contributed by atoms with Crippen LogP contribution in [0.1, 0.15) is 35.7 Å². The lowest BCUT2D eigenvalue weighted by Gasteiger charge is -2.36. The number of benzene rings is 3. The van der Waals surface area contributed by atoms with Gasteiger partial charge in [0, 0.05) is 6.54 Å². The van der Waals surface area contributed by atoms with Gasteiger partial charge in [-0.1, -0.05) is 97.9 Å². The van der Waals surface area contributed by atoms with Gasteiger partial charge in [0.15, 0.2) is 5.75 Å². The fourth-order valence-electron chi connectivity index (χ4n) is 4.22. The van der Waals surface area contributed by atoms with Crippen LogP contribution < -0.4 is 10.8 Å². The van der Waals surface area contributed by atoms with Crippen LogP contribution in [0.3, 0.4) is 0 Å². The molecule has 0 amide bonds. The number of anilines is 1. The first-order valence-electron chi connectivity index (χ1n) is 10.6. The molecule has 0 aliphatic rings. The molecule has 4 rings (SSSR count). The molecule has 0 radical (unpaired) electrons. The summed E-state index contributed by atoms with van der Waals surface area (Å²) in [6.45, 7) is 2.11. The molecule has 4 aromatic rings. The Morgan fingerprint density at radius 2 is 1.28 bits per heavy atom. The molecule has 0 aliphatic carbocycles. The second-order valence-corrected chi connectivity index (χ2v) is 7.56. The average molecular weight is 428 g/mol. The normalized spacial score (nSPS) is 11.3. The van der Waals surface area contributed by atoms with Gasteiger partial charge in [-0.2, -0.15) is 4.98 Å². The summed E-state index contributed by atoms with van der Waals surface area (Å²) in [5.41, 5.74) is 1.07. The first kappa shape index (κ1) is 21.3.